The van der Waals surface area contributed by atoms with Gasteiger partial charge in [0.05, 0.1) is 6.04 Å². The van der Waals surface area contributed by atoms with Crippen molar-refractivity contribution in [2.24, 2.45) is 5.92 Å². The average Bonchev–Trinajstić information content (AvgIpc) is 2.73. The standard InChI is InChI=1S/C23H37NO10/c1-14-21(24-15(2)25)23(34-19(13-32-16(3)26)22(14)33-17(4)27)31-12-8-7-10-18(28)9-5-6-11-20(29)30/h14,19,21-23H,5-13H2,1-4H3,(H,24,25)(H,29,30)/t14-,19?,21?,22-,23-/m1/s1. The first-order valence-electron chi connectivity index (χ1n) is 11.6. The maximum Gasteiger partial charge on any atom is 0.303 e. The molecule has 0 bridgehead atoms. The first-order chi connectivity index (χ1) is 16.0. The number of ether oxygens (including phenoxy) is 4. The van der Waals surface area contributed by atoms with Crippen LogP contribution in [0.15, 0.2) is 0 Å². The van der Waals surface area contributed by atoms with Crippen molar-refractivity contribution in [2.75, 3.05) is 13.2 Å². The van der Waals surface area contributed by atoms with Crippen molar-refractivity contribution in [1.29, 1.82) is 0 Å². The number of hydrogen-bond donors (Lipinski definition) is 2. The van der Waals surface area contributed by atoms with Crippen molar-refractivity contribution in [1.82, 2.24) is 5.32 Å². The summed E-state index contributed by atoms with van der Waals surface area (Å²) in [6, 6.07) is -0.605. The highest BCUT2D eigenvalue weighted by Gasteiger charge is 2.46. The van der Waals surface area contributed by atoms with Gasteiger partial charge in [-0.15, -0.1) is 0 Å². The second-order valence-electron chi connectivity index (χ2n) is 8.47. The number of Topliss-reactive ketones (excluding diaryl/α,β-unsaturated/α-hetero) is 1. The van der Waals surface area contributed by atoms with Crippen molar-refractivity contribution < 1.29 is 48.0 Å². The lowest BCUT2D eigenvalue weighted by Gasteiger charge is -2.44. The summed E-state index contributed by atoms with van der Waals surface area (Å²) in [7, 11) is 0. The fourth-order valence-corrected chi connectivity index (χ4v) is 3.76. The molecule has 11 heteroatoms. The summed E-state index contributed by atoms with van der Waals surface area (Å²) in [4.78, 5) is 57.0. The zero-order valence-electron chi connectivity index (χ0n) is 20.4. The fourth-order valence-electron chi connectivity index (χ4n) is 3.76. The van der Waals surface area contributed by atoms with Crippen LogP contribution in [0, 0.1) is 5.92 Å². The van der Waals surface area contributed by atoms with Crippen molar-refractivity contribution in [3.8, 4) is 0 Å². The van der Waals surface area contributed by atoms with E-state index in [0.29, 0.717) is 38.5 Å². The third kappa shape index (κ3) is 11.6. The summed E-state index contributed by atoms with van der Waals surface area (Å²) >= 11 is 0. The molecule has 0 aliphatic carbocycles. The predicted molar refractivity (Wildman–Crippen MR) is 119 cm³/mol. The van der Waals surface area contributed by atoms with E-state index in [0.717, 1.165) is 0 Å². The number of carbonyl (C=O) groups excluding carboxylic acids is 4. The maximum atomic E-state index is 11.9. The van der Waals surface area contributed by atoms with E-state index in [1.165, 1.54) is 20.8 Å². The number of unbranched alkanes of at least 4 members (excludes halogenated alkanes) is 2. The van der Waals surface area contributed by atoms with Gasteiger partial charge in [0.1, 0.15) is 24.6 Å². The van der Waals surface area contributed by atoms with Crippen LogP contribution in [0.1, 0.15) is 72.6 Å². The molecule has 1 amide bonds. The van der Waals surface area contributed by atoms with Crippen LogP contribution in [0.2, 0.25) is 0 Å². The Kier molecular flexibility index (Phi) is 13.4. The minimum Gasteiger partial charge on any atom is -0.481 e. The van der Waals surface area contributed by atoms with Crippen LogP contribution < -0.4 is 5.32 Å². The molecule has 1 heterocycles. The van der Waals surface area contributed by atoms with Crippen LogP contribution in [-0.2, 0) is 42.9 Å². The summed E-state index contributed by atoms with van der Waals surface area (Å²) in [6.45, 7) is 5.79. The molecule has 1 aliphatic rings. The van der Waals surface area contributed by atoms with Gasteiger partial charge in [-0.1, -0.05) is 6.92 Å². The quantitative estimate of drug-likeness (QED) is 0.258. The summed E-state index contributed by atoms with van der Waals surface area (Å²) in [5, 5.41) is 11.4. The molecule has 194 valence electrons. The molecule has 0 radical (unpaired) electrons. The summed E-state index contributed by atoms with van der Waals surface area (Å²) in [5.41, 5.74) is 0. The number of esters is 2. The Bertz CT molecular complexity index is 708. The molecule has 0 aromatic carbocycles. The van der Waals surface area contributed by atoms with E-state index < -0.39 is 42.4 Å². The molecular formula is C23H37NO10. The molecule has 2 N–H and O–H groups in total. The predicted octanol–water partition coefficient (Wildman–Crippen LogP) is 1.75. The first-order valence-corrected chi connectivity index (χ1v) is 11.6. The highest BCUT2D eigenvalue weighted by Crippen LogP contribution is 2.30. The summed E-state index contributed by atoms with van der Waals surface area (Å²) in [6.07, 6.45) is 0.606. The molecular weight excluding hydrogens is 450 g/mol. The molecule has 0 saturated carbocycles. The minimum atomic E-state index is -0.865. The zero-order valence-corrected chi connectivity index (χ0v) is 20.4. The molecule has 2 unspecified atom stereocenters. The van der Waals surface area contributed by atoms with Gasteiger partial charge in [0.25, 0.3) is 0 Å². The van der Waals surface area contributed by atoms with Gasteiger partial charge < -0.3 is 29.4 Å². The Morgan fingerprint density at radius 2 is 1.53 bits per heavy atom. The van der Waals surface area contributed by atoms with Crippen LogP contribution in [-0.4, -0.2) is 72.5 Å². The van der Waals surface area contributed by atoms with Crippen LogP contribution in [0.5, 0.6) is 0 Å². The van der Waals surface area contributed by atoms with Gasteiger partial charge in [0.15, 0.2) is 6.29 Å². The monoisotopic (exact) mass is 487 g/mol. The van der Waals surface area contributed by atoms with Crippen LogP contribution in [0.3, 0.4) is 0 Å². The highest BCUT2D eigenvalue weighted by atomic mass is 16.7. The topological polar surface area (TPSA) is 155 Å². The number of ketones is 1. The third-order valence-corrected chi connectivity index (χ3v) is 5.40. The van der Waals surface area contributed by atoms with Crippen molar-refractivity contribution >= 4 is 29.6 Å². The van der Waals surface area contributed by atoms with Crippen LogP contribution in [0.4, 0.5) is 0 Å². The Labute approximate surface area is 199 Å². The molecule has 34 heavy (non-hydrogen) atoms. The van der Waals surface area contributed by atoms with E-state index in [4.69, 9.17) is 24.1 Å². The SMILES string of the molecule is CC(=O)NC1[C@H](OCCCCC(=O)CCCCC(=O)O)OC(COC(C)=O)[C@H](OC(C)=O)[C@@H]1C. The van der Waals surface area contributed by atoms with Gasteiger partial charge in [-0.2, -0.15) is 0 Å². The van der Waals surface area contributed by atoms with Gasteiger partial charge in [-0.3, -0.25) is 24.0 Å². The second-order valence-corrected chi connectivity index (χ2v) is 8.47. The smallest absolute Gasteiger partial charge is 0.303 e. The van der Waals surface area contributed by atoms with E-state index in [2.05, 4.69) is 5.32 Å². The molecule has 0 aromatic rings. The molecule has 11 nitrogen and oxygen atoms in total. The summed E-state index contributed by atoms with van der Waals surface area (Å²) in [5.74, 6) is -2.51. The van der Waals surface area contributed by atoms with Gasteiger partial charge in [0.2, 0.25) is 5.91 Å². The lowest BCUT2D eigenvalue weighted by molar-refractivity contribution is -0.262. The number of carbonyl (C=O) groups is 5. The third-order valence-electron chi connectivity index (χ3n) is 5.40. The lowest BCUT2D eigenvalue weighted by atomic mass is 9.88. The summed E-state index contributed by atoms with van der Waals surface area (Å²) < 4.78 is 22.3. The molecule has 5 atom stereocenters. The van der Waals surface area contributed by atoms with Crippen molar-refractivity contribution in [2.45, 2.75) is 97.2 Å². The number of nitrogens with one attached hydrogen (secondary N) is 1. The van der Waals surface area contributed by atoms with Crippen LogP contribution >= 0.6 is 0 Å². The van der Waals surface area contributed by atoms with Crippen molar-refractivity contribution in [3.05, 3.63) is 0 Å². The highest BCUT2D eigenvalue weighted by molar-refractivity contribution is 5.78. The fraction of sp³-hybridized carbons (Fsp3) is 0.783. The molecule has 0 spiro atoms. The Morgan fingerprint density at radius 1 is 0.912 bits per heavy atom. The number of aliphatic carboxylic acids is 1. The van der Waals surface area contributed by atoms with E-state index in [1.807, 2.05) is 0 Å². The Morgan fingerprint density at radius 3 is 2.09 bits per heavy atom. The van der Waals surface area contributed by atoms with E-state index in [9.17, 15) is 24.0 Å². The lowest BCUT2D eigenvalue weighted by Crippen LogP contribution is -2.62. The second kappa shape index (κ2) is 15.4. The molecule has 1 aliphatic heterocycles. The maximum absolute atomic E-state index is 11.9. The molecule has 1 rings (SSSR count). The van der Waals surface area contributed by atoms with Crippen molar-refractivity contribution in [3.63, 3.8) is 0 Å². The minimum absolute atomic E-state index is 0.0627. The largest absolute Gasteiger partial charge is 0.481 e. The van der Waals surface area contributed by atoms with Gasteiger partial charge in [-0.05, 0) is 25.7 Å². The van der Waals surface area contributed by atoms with Gasteiger partial charge >= 0.3 is 17.9 Å². The van der Waals surface area contributed by atoms with Gasteiger partial charge in [0, 0.05) is 52.6 Å². The van der Waals surface area contributed by atoms with E-state index >= 15 is 0 Å². The Balaban J connectivity index is 2.62. The first kappa shape index (κ1) is 29.5. The number of hydrogen-bond acceptors (Lipinski definition) is 9. The van der Waals surface area contributed by atoms with Crippen LogP contribution in [0.25, 0.3) is 0 Å². The zero-order chi connectivity index (χ0) is 25.7. The number of carboxylic acids is 1. The number of amides is 1. The van der Waals surface area contributed by atoms with E-state index in [-0.39, 0.29) is 37.2 Å². The normalized spacial score (nSPS) is 24.2. The van der Waals surface area contributed by atoms with E-state index in [1.54, 1.807) is 6.92 Å². The molecule has 1 saturated heterocycles. The number of rotatable bonds is 15. The molecule has 0 aromatic heterocycles. The van der Waals surface area contributed by atoms with Gasteiger partial charge in [-0.25, -0.2) is 0 Å². The molecule has 1 fully saturated rings. The number of carboxylic acid groups (broad SMARTS) is 1. The average molecular weight is 488 g/mol. The Hall–Kier alpha value is -2.53.